The summed E-state index contributed by atoms with van der Waals surface area (Å²) in [4.78, 5) is 0. The van der Waals surface area contributed by atoms with Crippen molar-refractivity contribution in [2.24, 2.45) is 0 Å². The van der Waals surface area contributed by atoms with E-state index in [1.54, 1.807) is 0 Å². The quantitative estimate of drug-likeness (QED) is 0.768. The Morgan fingerprint density at radius 1 is 1.36 bits per heavy atom. The van der Waals surface area contributed by atoms with Crippen LogP contribution in [0.1, 0.15) is 18.4 Å². The molecule has 2 rings (SSSR count). The second kappa shape index (κ2) is 4.47. The third-order valence-electron chi connectivity index (χ3n) is 2.43. The second-order valence-corrected chi connectivity index (χ2v) is 3.78. The van der Waals surface area contributed by atoms with Crippen molar-refractivity contribution < 1.29 is 4.74 Å². The van der Waals surface area contributed by atoms with E-state index in [9.17, 15) is 0 Å². The van der Waals surface area contributed by atoms with E-state index in [4.69, 9.17) is 4.74 Å². The first-order chi connectivity index (χ1) is 6.90. The molecule has 0 unspecified atom stereocenters. The van der Waals surface area contributed by atoms with E-state index in [1.807, 2.05) is 13.1 Å². The van der Waals surface area contributed by atoms with Crippen molar-refractivity contribution in [2.75, 3.05) is 13.6 Å². The van der Waals surface area contributed by atoms with Gasteiger partial charge in [0.1, 0.15) is 5.75 Å². The first kappa shape index (κ1) is 9.53. The third kappa shape index (κ3) is 2.48. The summed E-state index contributed by atoms with van der Waals surface area (Å²) in [5.41, 5.74) is 1.31. The highest BCUT2D eigenvalue weighted by molar-refractivity contribution is 5.34. The molecule has 2 nitrogen and oxygen atoms in total. The highest BCUT2D eigenvalue weighted by Gasteiger charge is 2.24. The molecule has 1 saturated carbocycles. The van der Waals surface area contributed by atoms with E-state index in [0.29, 0.717) is 6.10 Å². The van der Waals surface area contributed by atoms with Gasteiger partial charge in [0.15, 0.2) is 0 Å². The second-order valence-electron chi connectivity index (χ2n) is 3.78. The summed E-state index contributed by atoms with van der Waals surface area (Å²) in [5, 5.41) is 3.16. The number of hydrogen-bond donors (Lipinski definition) is 1. The van der Waals surface area contributed by atoms with Gasteiger partial charge in [0, 0.05) is 0 Å². The Morgan fingerprint density at radius 3 is 2.86 bits per heavy atom. The summed E-state index contributed by atoms with van der Waals surface area (Å²) < 4.78 is 5.83. The molecule has 2 heteroatoms. The van der Waals surface area contributed by atoms with E-state index >= 15 is 0 Å². The van der Waals surface area contributed by atoms with Crippen molar-refractivity contribution in [1.29, 1.82) is 0 Å². The Balaban J connectivity index is 2.02. The zero-order valence-electron chi connectivity index (χ0n) is 8.62. The van der Waals surface area contributed by atoms with Gasteiger partial charge in [0.2, 0.25) is 0 Å². The Bertz CT molecular complexity index is 294. The molecule has 0 bridgehead atoms. The van der Waals surface area contributed by atoms with Gasteiger partial charge >= 0.3 is 0 Å². The SMILES string of the molecule is CNCCc1ccccc1OC1CC1. The van der Waals surface area contributed by atoms with E-state index in [-0.39, 0.29) is 0 Å². The predicted molar refractivity (Wildman–Crippen MR) is 57.7 cm³/mol. The Hall–Kier alpha value is -1.02. The van der Waals surface area contributed by atoms with Crippen LogP contribution in [0.3, 0.4) is 0 Å². The number of likely N-dealkylation sites (N-methyl/N-ethyl adjacent to an activating group) is 1. The normalized spacial score (nSPS) is 15.5. The molecule has 1 fully saturated rings. The van der Waals surface area contributed by atoms with Gasteiger partial charge in [-0.15, -0.1) is 0 Å². The van der Waals surface area contributed by atoms with Gasteiger partial charge in [-0.25, -0.2) is 0 Å². The summed E-state index contributed by atoms with van der Waals surface area (Å²) in [7, 11) is 1.98. The van der Waals surface area contributed by atoms with Crippen molar-refractivity contribution >= 4 is 0 Å². The largest absolute Gasteiger partial charge is 0.490 e. The lowest BCUT2D eigenvalue weighted by Gasteiger charge is -2.10. The van der Waals surface area contributed by atoms with Gasteiger partial charge in [-0.3, -0.25) is 0 Å². The molecule has 0 saturated heterocycles. The smallest absolute Gasteiger partial charge is 0.122 e. The first-order valence-corrected chi connectivity index (χ1v) is 5.29. The number of hydrogen-bond acceptors (Lipinski definition) is 2. The van der Waals surface area contributed by atoms with E-state index in [0.717, 1.165) is 18.7 Å². The molecule has 0 atom stereocenters. The average molecular weight is 191 g/mol. The number of ether oxygens (including phenoxy) is 1. The molecule has 1 aromatic rings. The highest BCUT2D eigenvalue weighted by Crippen LogP contribution is 2.29. The zero-order valence-corrected chi connectivity index (χ0v) is 8.62. The van der Waals surface area contributed by atoms with Gasteiger partial charge in [-0.1, -0.05) is 18.2 Å². The van der Waals surface area contributed by atoms with Crippen LogP contribution in [0.4, 0.5) is 0 Å². The van der Waals surface area contributed by atoms with E-state index in [1.165, 1.54) is 18.4 Å². The summed E-state index contributed by atoms with van der Waals surface area (Å²) in [6.45, 7) is 1.00. The van der Waals surface area contributed by atoms with Crippen molar-refractivity contribution in [3.63, 3.8) is 0 Å². The maximum absolute atomic E-state index is 5.83. The van der Waals surface area contributed by atoms with Crippen LogP contribution in [0.25, 0.3) is 0 Å². The summed E-state index contributed by atoms with van der Waals surface area (Å²) >= 11 is 0. The van der Waals surface area contributed by atoms with Crippen LogP contribution in [0.5, 0.6) is 5.75 Å². The minimum absolute atomic E-state index is 0.491. The molecule has 0 aliphatic heterocycles. The molecule has 0 radical (unpaired) electrons. The predicted octanol–water partition coefficient (Wildman–Crippen LogP) is 1.99. The molecule has 0 amide bonds. The Morgan fingerprint density at radius 2 is 2.14 bits per heavy atom. The minimum Gasteiger partial charge on any atom is -0.490 e. The van der Waals surface area contributed by atoms with Crippen LogP contribution < -0.4 is 10.1 Å². The summed E-state index contributed by atoms with van der Waals surface area (Å²) in [6.07, 6.45) is 3.98. The Labute approximate surface area is 85.3 Å². The number of para-hydroxylation sites is 1. The highest BCUT2D eigenvalue weighted by atomic mass is 16.5. The maximum Gasteiger partial charge on any atom is 0.122 e. The van der Waals surface area contributed by atoms with Crippen molar-refractivity contribution in [3.05, 3.63) is 29.8 Å². The lowest BCUT2D eigenvalue weighted by molar-refractivity contribution is 0.300. The number of benzene rings is 1. The van der Waals surface area contributed by atoms with Crippen LogP contribution in [0.2, 0.25) is 0 Å². The molecule has 0 spiro atoms. The van der Waals surface area contributed by atoms with Crippen LogP contribution in [-0.4, -0.2) is 19.7 Å². The lowest BCUT2D eigenvalue weighted by atomic mass is 10.1. The van der Waals surface area contributed by atoms with Crippen LogP contribution >= 0.6 is 0 Å². The Kier molecular flexibility index (Phi) is 3.04. The van der Waals surface area contributed by atoms with Crippen molar-refractivity contribution in [3.8, 4) is 5.75 Å². The summed E-state index contributed by atoms with van der Waals surface area (Å²) in [6, 6.07) is 8.34. The van der Waals surface area contributed by atoms with Crippen LogP contribution in [0, 0.1) is 0 Å². The molecular weight excluding hydrogens is 174 g/mol. The van der Waals surface area contributed by atoms with E-state index < -0.39 is 0 Å². The molecule has 76 valence electrons. The van der Waals surface area contributed by atoms with Gasteiger partial charge in [-0.2, -0.15) is 0 Å². The fraction of sp³-hybridized carbons (Fsp3) is 0.500. The van der Waals surface area contributed by atoms with Gasteiger partial charge in [0.25, 0.3) is 0 Å². The molecular formula is C12H17NO. The number of nitrogens with one attached hydrogen (secondary N) is 1. The minimum atomic E-state index is 0.491. The topological polar surface area (TPSA) is 21.3 Å². The van der Waals surface area contributed by atoms with Crippen molar-refractivity contribution in [2.45, 2.75) is 25.4 Å². The molecule has 1 N–H and O–H groups in total. The van der Waals surface area contributed by atoms with Gasteiger partial charge < -0.3 is 10.1 Å². The molecule has 1 aliphatic rings. The summed E-state index contributed by atoms with van der Waals surface area (Å²) in [5.74, 6) is 1.07. The van der Waals surface area contributed by atoms with E-state index in [2.05, 4.69) is 23.5 Å². The number of rotatable bonds is 5. The monoisotopic (exact) mass is 191 g/mol. The molecule has 14 heavy (non-hydrogen) atoms. The standard InChI is InChI=1S/C12H17NO/c1-13-9-8-10-4-2-3-5-12(10)14-11-6-7-11/h2-5,11,13H,6-9H2,1H3. The molecule has 0 heterocycles. The van der Waals surface area contributed by atoms with Crippen LogP contribution in [0.15, 0.2) is 24.3 Å². The average Bonchev–Trinajstić information content (AvgIpc) is 3.01. The molecule has 1 aliphatic carbocycles. The zero-order chi connectivity index (χ0) is 9.80. The van der Waals surface area contributed by atoms with Crippen LogP contribution in [-0.2, 0) is 6.42 Å². The third-order valence-corrected chi connectivity index (χ3v) is 2.43. The molecule has 1 aromatic carbocycles. The van der Waals surface area contributed by atoms with Crippen molar-refractivity contribution in [1.82, 2.24) is 5.32 Å². The first-order valence-electron chi connectivity index (χ1n) is 5.29. The van der Waals surface area contributed by atoms with Gasteiger partial charge in [0.05, 0.1) is 6.10 Å². The molecule has 0 aromatic heterocycles. The fourth-order valence-electron chi connectivity index (χ4n) is 1.45. The fourth-order valence-corrected chi connectivity index (χ4v) is 1.45. The maximum atomic E-state index is 5.83. The lowest BCUT2D eigenvalue weighted by Crippen LogP contribution is -2.11. The van der Waals surface area contributed by atoms with Gasteiger partial charge in [-0.05, 0) is 44.5 Å².